The minimum Gasteiger partial charge on any atom is -0.444 e. The van der Waals surface area contributed by atoms with E-state index in [9.17, 15) is 9.18 Å². The van der Waals surface area contributed by atoms with Crippen molar-refractivity contribution in [3.8, 4) is 0 Å². The SMILES string of the molecule is CC(C)(C)OC(=O)N[C@H]1C[C@H](OCc2cccnc2F)C1. The Morgan fingerprint density at radius 1 is 1.48 bits per heavy atom. The van der Waals surface area contributed by atoms with Gasteiger partial charge in [-0.05, 0) is 39.7 Å². The van der Waals surface area contributed by atoms with Crippen molar-refractivity contribution in [2.75, 3.05) is 0 Å². The minimum absolute atomic E-state index is 0.0320. The van der Waals surface area contributed by atoms with E-state index in [4.69, 9.17) is 9.47 Å². The van der Waals surface area contributed by atoms with Gasteiger partial charge in [-0.1, -0.05) is 6.07 Å². The summed E-state index contributed by atoms with van der Waals surface area (Å²) >= 11 is 0. The van der Waals surface area contributed by atoms with Gasteiger partial charge in [0.15, 0.2) is 0 Å². The Bertz CT molecular complexity index is 496. The number of amides is 1. The van der Waals surface area contributed by atoms with Crippen LogP contribution in [-0.4, -0.2) is 28.8 Å². The number of halogens is 1. The second-order valence-corrected chi connectivity index (χ2v) is 6.20. The minimum atomic E-state index is -0.500. The third-order valence-electron chi connectivity index (χ3n) is 3.13. The van der Waals surface area contributed by atoms with E-state index in [-0.39, 0.29) is 18.8 Å². The number of nitrogens with one attached hydrogen (secondary N) is 1. The van der Waals surface area contributed by atoms with Crippen LogP contribution < -0.4 is 5.32 Å². The van der Waals surface area contributed by atoms with Crippen LogP contribution in [0.15, 0.2) is 18.3 Å². The molecule has 21 heavy (non-hydrogen) atoms. The molecule has 0 spiro atoms. The maximum atomic E-state index is 13.3. The van der Waals surface area contributed by atoms with Crippen molar-refractivity contribution in [3.63, 3.8) is 0 Å². The highest BCUT2D eigenvalue weighted by molar-refractivity contribution is 5.68. The number of ether oxygens (including phenoxy) is 2. The van der Waals surface area contributed by atoms with Crippen molar-refractivity contribution in [1.82, 2.24) is 10.3 Å². The highest BCUT2D eigenvalue weighted by Crippen LogP contribution is 2.25. The Morgan fingerprint density at radius 3 is 2.81 bits per heavy atom. The van der Waals surface area contributed by atoms with E-state index in [2.05, 4.69) is 10.3 Å². The lowest BCUT2D eigenvalue weighted by Crippen LogP contribution is -2.49. The molecule has 0 atom stereocenters. The van der Waals surface area contributed by atoms with Crippen molar-refractivity contribution >= 4 is 6.09 Å². The zero-order valence-electron chi connectivity index (χ0n) is 12.6. The molecule has 1 aromatic heterocycles. The van der Waals surface area contributed by atoms with Gasteiger partial charge in [-0.3, -0.25) is 0 Å². The molecule has 5 nitrogen and oxygen atoms in total. The fourth-order valence-electron chi connectivity index (χ4n) is 2.03. The van der Waals surface area contributed by atoms with Crippen molar-refractivity contribution in [3.05, 3.63) is 29.8 Å². The van der Waals surface area contributed by atoms with Gasteiger partial charge in [0, 0.05) is 17.8 Å². The molecule has 0 bridgehead atoms. The molecular weight excluding hydrogens is 275 g/mol. The van der Waals surface area contributed by atoms with Crippen LogP contribution in [-0.2, 0) is 16.1 Å². The van der Waals surface area contributed by atoms with Crippen LogP contribution in [0.25, 0.3) is 0 Å². The van der Waals surface area contributed by atoms with Gasteiger partial charge in [-0.2, -0.15) is 4.39 Å². The molecule has 1 fully saturated rings. The first kappa shape index (κ1) is 15.7. The Hall–Kier alpha value is -1.69. The number of pyridine rings is 1. The van der Waals surface area contributed by atoms with Gasteiger partial charge in [0.05, 0.1) is 12.7 Å². The molecule has 1 N–H and O–H groups in total. The number of hydrogen-bond acceptors (Lipinski definition) is 4. The zero-order chi connectivity index (χ0) is 15.5. The molecule has 0 aliphatic heterocycles. The Labute approximate surface area is 123 Å². The van der Waals surface area contributed by atoms with E-state index in [1.54, 1.807) is 12.1 Å². The van der Waals surface area contributed by atoms with E-state index < -0.39 is 17.6 Å². The van der Waals surface area contributed by atoms with E-state index in [0.717, 1.165) is 0 Å². The monoisotopic (exact) mass is 296 g/mol. The molecular formula is C15H21FN2O3. The Morgan fingerprint density at radius 2 is 2.19 bits per heavy atom. The van der Waals surface area contributed by atoms with Gasteiger partial charge in [0.25, 0.3) is 0 Å². The number of aromatic nitrogens is 1. The van der Waals surface area contributed by atoms with Crippen molar-refractivity contribution < 1.29 is 18.7 Å². The summed E-state index contributed by atoms with van der Waals surface area (Å²) in [5.41, 5.74) is -0.0530. The second kappa shape index (κ2) is 6.39. The number of hydrogen-bond donors (Lipinski definition) is 1. The molecule has 6 heteroatoms. The molecule has 1 aromatic rings. The molecule has 1 saturated carbocycles. The fourth-order valence-corrected chi connectivity index (χ4v) is 2.03. The molecule has 116 valence electrons. The maximum absolute atomic E-state index is 13.3. The van der Waals surface area contributed by atoms with E-state index in [0.29, 0.717) is 18.4 Å². The van der Waals surface area contributed by atoms with E-state index in [1.807, 2.05) is 20.8 Å². The first-order chi connectivity index (χ1) is 9.83. The third kappa shape index (κ3) is 4.97. The summed E-state index contributed by atoms with van der Waals surface area (Å²) in [4.78, 5) is 15.1. The number of carbonyl (C=O) groups is 1. The molecule has 0 aromatic carbocycles. The first-order valence-electron chi connectivity index (χ1n) is 7.04. The van der Waals surface area contributed by atoms with Gasteiger partial charge < -0.3 is 14.8 Å². The lowest BCUT2D eigenvalue weighted by molar-refractivity contribution is -0.0301. The van der Waals surface area contributed by atoms with Crippen molar-refractivity contribution in [2.24, 2.45) is 0 Å². The van der Waals surface area contributed by atoms with Crippen molar-refractivity contribution in [2.45, 2.75) is 58.0 Å². The lowest BCUT2D eigenvalue weighted by Gasteiger charge is -2.35. The summed E-state index contributed by atoms with van der Waals surface area (Å²) in [6.45, 7) is 5.66. The smallest absolute Gasteiger partial charge is 0.407 e. The fraction of sp³-hybridized carbons (Fsp3) is 0.600. The third-order valence-corrected chi connectivity index (χ3v) is 3.13. The van der Waals surface area contributed by atoms with Crippen LogP contribution in [0.4, 0.5) is 9.18 Å². The predicted octanol–water partition coefficient (Wildman–Crippen LogP) is 2.79. The standard InChI is InChI=1S/C15H21FN2O3/c1-15(2,3)21-14(19)18-11-7-12(8-11)20-9-10-5-4-6-17-13(10)16/h4-6,11-12H,7-9H2,1-3H3,(H,18,19)/t11-,12-. The van der Waals surface area contributed by atoms with Gasteiger partial charge in [-0.15, -0.1) is 0 Å². The van der Waals surface area contributed by atoms with Crippen molar-refractivity contribution in [1.29, 1.82) is 0 Å². The molecule has 0 radical (unpaired) electrons. The van der Waals surface area contributed by atoms with E-state index in [1.165, 1.54) is 6.20 Å². The van der Waals surface area contributed by atoms with Crippen LogP contribution in [0.3, 0.4) is 0 Å². The highest BCUT2D eigenvalue weighted by atomic mass is 19.1. The maximum Gasteiger partial charge on any atom is 0.407 e. The topological polar surface area (TPSA) is 60.5 Å². The molecule has 0 unspecified atom stereocenters. The van der Waals surface area contributed by atoms with Gasteiger partial charge in [0.2, 0.25) is 5.95 Å². The molecule has 1 aliphatic carbocycles. The average Bonchev–Trinajstić information content (AvgIpc) is 2.31. The van der Waals surface area contributed by atoms with Crippen LogP contribution >= 0.6 is 0 Å². The molecule has 1 amide bonds. The molecule has 2 rings (SSSR count). The normalized spacial score (nSPS) is 21.5. The highest BCUT2D eigenvalue weighted by Gasteiger charge is 2.32. The van der Waals surface area contributed by atoms with E-state index >= 15 is 0 Å². The molecule has 0 saturated heterocycles. The van der Waals surface area contributed by atoms with Gasteiger partial charge in [-0.25, -0.2) is 9.78 Å². The summed E-state index contributed by atoms with van der Waals surface area (Å²) in [5, 5.41) is 2.78. The summed E-state index contributed by atoms with van der Waals surface area (Å²) in [5.74, 6) is -0.500. The number of rotatable bonds is 4. The van der Waals surface area contributed by atoms with Crippen LogP contribution in [0.1, 0.15) is 39.2 Å². The second-order valence-electron chi connectivity index (χ2n) is 6.20. The zero-order valence-corrected chi connectivity index (χ0v) is 12.6. The summed E-state index contributed by atoms with van der Waals surface area (Å²) in [7, 11) is 0. The molecule has 1 heterocycles. The first-order valence-corrected chi connectivity index (χ1v) is 7.04. The lowest BCUT2D eigenvalue weighted by atomic mass is 9.89. The largest absolute Gasteiger partial charge is 0.444 e. The average molecular weight is 296 g/mol. The summed E-state index contributed by atoms with van der Waals surface area (Å²) in [6, 6.07) is 3.39. The van der Waals surface area contributed by atoms with Gasteiger partial charge in [0.1, 0.15) is 5.60 Å². The van der Waals surface area contributed by atoms with Crippen LogP contribution in [0.5, 0.6) is 0 Å². The van der Waals surface area contributed by atoms with Crippen LogP contribution in [0.2, 0.25) is 0 Å². The number of nitrogens with zero attached hydrogens (tertiary/aromatic N) is 1. The van der Waals surface area contributed by atoms with Gasteiger partial charge >= 0.3 is 6.09 Å². The number of carbonyl (C=O) groups excluding carboxylic acids is 1. The summed E-state index contributed by atoms with van der Waals surface area (Å²) < 4.78 is 24.1. The Balaban J connectivity index is 1.66. The predicted molar refractivity (Wildman–Crippen MR) is 75.2 cm³/mol. The molecule has 1 aliphatic rings. The summed E-state index contributed by atoms with van der Waals surface area (Å²) in [6.07, 6.45) is 2.44. The van der Waals surface area contributed by atoms with Crippen LogP contribution in [0, 0.1) is 5.95 Å². The Kier molecular flexibility index (Phi) is 4.77. The number of alkyl carbamates (subject to hydrolysis) is 1. The quantitative estimate of drug-likeness (QED) is 0.868.